The van der Waals surface area contributed by atoms with Crippen molar-refractivity contribution in [3.8, 4) is 11.5 Å². The zero-order chi connectivity index (χ0) is 23.6. The van der Waals surface area contributed by atoms with Crippen LogP contribution in [0.1, 0.15) is 51.2 Å². The molecule has 0 aliphatic rings. The third-order valence-corrected chi connectivity index (χ3v) is 4.34. The molecule has 0 saturated heterocycles. The summed E-state index contributed by atoms with van der Waals surface area (Å²) in [4.78, 5) is 0. The van der Waals surface area contributed by atoms with E-state index >= 15 is 0 Å². The number of unbranched alkanes of at least 4 members (excludes halogenated alkanes) is 2. The predicted molar refractivity (Wildman–Crippen MR) is 137 cm³/mol. The van der Waals surface area contributed by atoms with Crippen LogP contribution in [0.4, 0.5) is 0 Å². The summed E-state index contributed by atoms with van der Waals surface area (Å²) in [5.74, 6) is 1.76. The third kappa shape index (κ3) is 11.6. The van der Waals surface area contributed by atoms with Crippen LogP contribution in [0.5, 0.6) is 11.5 Å². The first-order valence-corrected chi connectivity index (χ1v) is 11.1. The number of nitrogens with two attached hydrogens (primary N) is 2. The van der Waals surface area contributed by atoms with Gasteiger partial charge in [0.15, 0.2) is 0 Å². The van der Waals surface area contributed by atoms with E-state index in [9.17, 15) is 0 Å². The molecule has 5 N–H and O–H groups in total. The van der Waals surface area contributed by atoms with Crippen LogP contribution in [-0.2, 0) is 0 Å². The molecular formula is C27H37N3O2. The van der Waals surface area contributed by atoms with E-state index in [0.29, 0.717) is 13.2 Å². The van der Waals surface area contributed by atoms with Crippen LogP contribution in [0.25, 0.3) is 12.2 Å². The first kappa shape index (κ1) is 26.6. The van der Waals surface area contributed by atoms with Crippen molar-refractivity contribution in [2.45, 2.75) is 40.0 Å². The first-order chi connectivity index (χ1) is 15.6. The molecule has 2 aromatic rings. The molecule has 0 radical (unpaired) electrons. The molecule has 2 rings (SSSR count). The standard InChI is InChI=1S/C25H31N3O2.C2H6/c1-2-22(26)12-6-20-7-13-23(14-8-20)29-18-4-3-5-19-30-24-15-9-21(10-16-24)11-17-25(27)28;1-2/h2,6-17H,3-5,18-19,26H2,1H3,(H3,27,28);1-2H3/b12-6+,17-11+,22-2+;. The van der Waals surface area contributed by atoms with E-state index in [1.807, 2.05) is 87.5 Å². The molecule has 0 unspecified atom stereocenters. The molecule has 0 saturated carbocycles. The van der Waals surface area contributed by atoms with Crippen molar-refractivity contribution in [3.63, 3.8) is 0 Å². The van der Waals surface area contributed by atoms with Gasteiger partial charge in [0.1, 0.15) is 17.3 Å². The van der Waals surface area contributed by atoms with Crippen LogP contribution in [-0.4, -0.2) is 19.0 Å². The summed E-state index contributed by atoms with van der Waals surface area (Å²) in [5.41, 5.74) is 13.9. The van der Waals surface area contributed by atoms with Crippen molar-refractivity contribution in [2.24, 2.45) is 11.5 Å². The van der Waals surface area contributed by atoms with Crippen LogP contribution in [0.3, 0.4) is 0 Å². The number of rotatable bonds is 12. The molecule has 0 heterocycles. The van der Waals surface area contributed by atoms with Crippen LogP contribution < -0.4 is 20.9 Å². The Hall–Kier alpha value is -3.47. The molecule has 0 aromatic heterocycles. The normalized spacial score (nSPS) is 11.3. The highest BCUT2D eigenvalue weighted by Gasteiger charge is 1.97. The lowest BCUT2D eigenvalue weighted by molar-refractivity contribution is 0.279. The summed E-state index contributed by atoms with van der Waals surface area (Å²) in [6.07, 6.45) is 12.1. The molecule has 2 aromatic carbocycles. The predicted octanol–water partition coefficient (Wildman–Crippen LogP) is 6.17. The lowest BCUT2D eigenvalue weighted by Crippen LogP contribution is -2.03. The van der Waals surface area contributed by atoms with Crippen LogP contribution in [0.15, 0.2) is 72.5 Å². The SMILES string of the molecule is C/C=C(N)\C=C\c1ccc(OCCCCCOc2ccc(/C=C/C(=N)N)cc2)cc1.CC. The molecule has 0 aliphatic heterocycles. The minimum Gasteiger partial charge on any atom is -0.494 e. The average molecular weight is 436 g/mol. The van der Waals surface area contributed by atoms with Gasteiger partial charge >= 0.3 is 0 Å². The number of amidine groups is 1. The Bertz CT molecular complexity index is 867. The van der Waals surface area contributed by atoms with Gasteiger partial charge in [0.25, 0.3) is 0 Å². The summed E-state index contributed by atoms with van der Waals surface area (Å²) >= 11 is 0. The Labute approximate surface area is 192 Å². The third-order valence-electron chi connectivity index (χ3n) is 4.34. The Morgan fingerprint density at radius 3 is 1.59 bits per heavy atom. The monoisotopic (exact) mass is 435 g/mol. The molecule has 5 heteroatoms. The average Bonchev–Trinajstić information content (AvgIpc) is 2.83. The van der Waals surface area contributed by atoms with Crippen molar-refractivity contribution >= 4 is 18.0 Å². The van der Waals surface area contributed by atoms with Gasteiger partial charge in [-0.25, -0.2) is 0 Å². The molecule has 172 valence electrons. The van der Waals surface area contributed by atoms with Crippen molar-refractivity contribution in [1.29, 1.82) is 5.41 Å². The Morgan fingerprint density at radius 1 is 0.750 bits per heavy atom. The Kier molecular flexibility index (Phi) is 13.5. The van der Waals surface area contributed by atoms with Gasteiger partial charge in [-0.3, -0.25) is 5.41 Å². The van der Waals surface area contributed by atoms with Gasteiger partial charge in [0, 0.05) is 5.70 Å². The number of ether oxygens (including phenoxy) is 2. The van der Waals surface area contributed by atoms with Crippen LogP contribution >= 0.6 is 0 Å². The fourth-order valence-electron chi connectivity index (χ4n) is 2.59. The number of benzene rings is 2. The smallest absolute Gasteiger partial charge is 0.119 e. The molecule has 0 amide bonds. The Morgan fingerprint density at radius 2 is 1.19 bits per heavy atom. The lowest BCUT2D eigenvalue weighted by atomic mass is 10.2. The summed E-state index contributed by atoms with van der Waals surface area (Å²) in [6.45, 7) is 7.29. The van der Waals surface area contributed by atoms with E-state index in [4.69, 9.17) is 26.4 Å². The summed E-state index contributed by atoms with van der Waals surface area (Å²) in [5, 5.41) is 7.19. The molecule has 0 aliphatic carbocycles. The second-order valence-corrected chi connectivity index (χ2v) is 6.81. The summed E-state index contributed by atoms with van der Waals surface area (Å²) in [7, 11) is 0. The second-order valence-electron chi connectivity index (χ2n) is 6.81. The fourth-order valence-corrected chi connectivity index (χ4v) is 2.59. The Balaban J connectivity index is 0.00000249. The van der Waals surface area contributed by atoms with Gasteiger partial charge in [-0.05, 0) is 73.7 Å². The van der Waals surface area contributed by atoms with Gasteiger partial charge < -0.3 is 20.9 Å². The van der Waals surface area contributed by atoms with E-state index in [2.05, 4.69) is 0 Å². The fraction of sp³-hybridized carbons (Fsp3) is 0.296. The minimum absolute atomic E-state index is 0.0409. The van der Waals surface area contributed by atoms with Crippen LogP contribution in [0.2, 0.25) is 0 Å². The highest BCUT2D eigenvalue weighted by atomic mass is 16.5. The molecule has 0 fully saturated rings. The number of allylic oxidation sites excluding steroid dienone is 2. The highest BCUT2D eigenvalue weighted by molar-refractivity contribution is 5.92. The number of hydrogen-bond donors (Lipinski definition) is 3. The van der Waals surface area contributed by atoms with E-state index in [1.54, 1.807) is 12.2 Å². The first-order valence-electron chi connectivity index (χ1n) is 11.1. The van der Waals surface area contributed by atoms with Crippen molar-refractivity contribution in [3.05, 3.63) is 83.6 Å². The van der Waals surface area contributed by atoms with Crippen molar-refractivity contribution in [1.82, 2.24) is 0 Å². The maximum absolute atomic E-state index is 7.19. The maximum atomic E-state index is 7.19. The lowest BCUT2D eigenvalue weighted by Gasteiger charge is -2.08. The van der Waals surface area contributed by atoms with Gasteiger partial charge in [0.05, 0.1) is 13.2 Å². The zero-order valence-electron chi connectivity index (χ0n) is 19.5. The van der Waals surface area contributed by atoms with Crippen LogP contribution in [0, 0.1) is 5.41 Å². The summed E-state index contributed by atoms with van der Waals surface area (Å²) < 4.78 is 11.6. The second kappa shape index (κ2) is 16.3. The number of nitrogens with one attached hydrogen (secondary N) is 1. The largest absolute Gasteiger partial charge is 0.494 e. The van der Waals surface area contributed by atoms with E-state index < -0.39 is 0 Å². The van der Waals surface area contributed by atoms with E-state index in [0.717, 1.165) is 47.6 Å². The van der Waals surface area contributed by atoms with Crippen molar-refractivity contribution < 1.29 is 9.47 Å². The minimum atomic E-state index is 0.0409. The molecule has 32 heavy (non-hydrogen) atoms. The van der Waals surface area contributed by atoms with Gasteiger partial charge in [-0.1, -0.05) is 56.3 Å². The highest BCUT2D eigenvalue weighted by Crippen LogP contribution is 2.15. The maximum Gasteiger partial charge on any atom is 0.119 e. The van der Waals surface area contributed by atoms with Gasteiger partial charge in [-0.15, -0.1) is 0 Å². The molecule has 5 nitrogen and oxygen atoms in total. The van der Waals surface area contributed by atoms with Crippen molar-refractivity contribution in [2.75, 3.05) is 13.2 Å². The topological polar surface area (TPSA) is 94.4 Å². The molecular weight excluding hydrogens is 398 g/mol. The van der Waals surface area contributed by atoms with Gasteiger partial charge in [-0.2, -0.15) is 0 Å². The molecule has 0 bridgehead atoms. The van der Waals surface area contributed by atoms with Gasteiger partial charge in [0.2, 0.25) is 0 Å². The van der Waals surface area contributed by atoms with E-state index in [1.165, 1.54) is 0 Å². The quantitative estimate of drug-likeness (QED) is 0.161. The zero-order valence-corrected chi connectivity index (χ0v) is 19.5. The summed E-state index contributed by atoms with van der Waals surface area (Å²) in [6, 6.07) is 15.7. The van der Waals surface area contributed by atoms with E-state index in [-0.39, 0.29) is 5.84 Å². The molecule has 0 spiro atoms. The number of hydrogen-bond acceptors (Lipinski definition) is 4. The molecule has 0 atom stereocenters.